The van der Waals surface area contributed by atoms with Crippen LogP contribution < -0.4 is 20.9 Å². The molecule has 0 atom stereocenters. The molecular weight excluding hydrogens is 500 g/mol. The Bertz CT molecular complexity index is 1530. The zero-order valence-electron chi connectivity index (χ0n) is 24.4. The number of anilines is 2. The number of unbranched alkanes of at least 4 members (excludes halogenated alkanes) is 2. The second kappa shape index (κ2) is 12.8. The van der Waals surface area contributed by atoms with Crippen molar-refractivity contribution in [2.45, 2.75) is 72.3 Å². The third-order valence-electron chi connectivity index (χ3n) is 7.21. The minimum absolute atomic E-state index is 0.212. The van der Waals surface area contributed by atoms with Gasteiger partial charge < -0.3 is 15.4 Å². The maximum atomic E-state index is 14.1. The molecule has 2 aromatic heterocycles. The average molecular weight is 541 g/mol. The molecule has 0 aliphatic rings. The smallest absolute Gasteiger partial charge is 0.323 e. The maximum absolute atomic E-state index is 14.1. The van der Waals surface area contributed by atoms with Gasteiger partial charge in [0.15, 0.2) is 0 Å². The van der Waals surface area contributed by atoms with Crippen molar-refractivity contribution < 1.29 is 9.53 Å². The molecule has 0 fully saturated rings. The Hall–Kier alpha value is -4.13. The third-order valence-corrected chi connectivity index (χ3v) is 7.21. The summed E-state index contributed by atoms with van der Waals surface area (Å²) < 4.78 is 7.17. The molecule has 7 heteroatoms. The standard InChI is InChI=1S/C33H40N4O3/c1-7-8-9-19-37-31-27(17-12-18-34-31)28(23-13-10-14-24(20-23)40-6)30(32(37)38)36-33(39)35-29-25(21(2)3)15-11-16-26(29)22(4)5/h10-18,20-22H,7-9,19H2,1-6H3,(H2,35,36,39). The molecule has 0 radical (unpaired) electrons. The van der Waals surface area contributed by atoms with Gasteiger partial charge in [0, 0.05) is 29.4 Å². The summed E-state index contributed by atoms with van der Waals surface area (Å²) in [6.45, 7) is 11.1. The van der Waals surface area contributed by atoms with Crippen molar-refractivity contribution >= 4 is 28.4 Å². The van der Waals surface area contributed by atoms with Gasteiger partial charge in [-0.15, -0.1) is 0 Å². The second-order valence-electron chi connectivity index (χ2n) is 10.7. The topological polar surface area (TPSA) is 85.2 Å². The van der Waals surface area contributed by atoms with E-state index in [1.165, 1.54) is 0 Å². The number of methoxy groups -OCH3 is 1. The van der Waals surface area contributed by atoms with Gasteiger partial charge in [-0.05, 0) is 59.2 Å². The number of nitrogens with one attached hydrogen (secondary N) is 2. The zero-order valence-corrected chi connectivity index (χ0v) is 24.4. The van der Waals surface area contributed by atoms with Crippen LogP contribution in [-0.4, -0.2) is 22.7 Å². The van der Waals surface area contributed by atoms with Gasteiger partial charge in [-0.2, -0.15) is 0 Å². The van der Waals surface area contributed by atoms with E-state index in [9.17, 15) is 9.59 Å². The number of hydrogen-bond acceptors (Lipinski definition) is 4. The van der Waals surface area contributed by atoms with E-state index in [1.54, 1.807) is 17.9 Å². The summed E-state index contributed by atoms with van der Waals surface area (Å²) >= 11 is 0. The van der Waals surface area contributed by atoms with Gasteiger partial charge in [-0.3, -0.25) is 9.36 Å². The van der Waals surface area contributed by atoms with Crippen molar-refractivity contribution in [1.29, 1.82) is 0 Å². The van der Waals surface area contributed by atoms with E-state index >= 15 is 0 Å². The van der Waals surface area contributed by atoms with Gasteiger partial charge in [0.1, 0.15) is 17.1 Å². The largest absolute Gasteiger partial charge is 0.497 e. The number of ether oxygens (including phenoxy) is 1. The highest BCUT2D eigenvalue weighted by Gasteiger charge is 2.22. The van der Waals surface area contributed by atoms with Crippen molar-refractivity contribution in [3.05, 3.63) is 82.3 Å². The summed E-state index contributed by atoms with van der Waals surface area (Å²) in [4.78, 5) is 32.4. The predicted octanol–water partition coefficient (Wildman–Crippen LogP) is 8.15. The number of hydrogen-bond donors (Lipinski definition) is 2. The molecule has 0 aliphatic heterocycles. The highest BCUT2D eigenvalue weighted by atomic mass is 16.5. The normalized spacial score (nSPS) is 11.3. The van der Waals surface area contributed by atoms with E-state index in [2.05, 4.69) is 50.2 Å². The molecule has 2 amide bonds. The number of pyridine rings is 2. The van der Waals surface area contributed by atoms with Gasteiger partial charge >= 0.3 is 6.03 Å². The number of carbonyl (C=O) groups is 1. The molecule has 4 aromatic rings. The van der Waals surface area contributed by atoms with E-state index in [1.807, 2.05) is 54.6 Å². The van der Waals surface area contributed by atoms with Crippen molar-refractivity contribution in [3.8, 4) is 16.9 Å². The number of aromatic nitrogens is 2. The van der Waals surface area contributed by atoms with Crippen LogP contribution in [0, 0.1) is 0 Å². The van der Waals surface area contributed by atoms with Crippen molar-refractivity contribution in [3.63, 3.8) is 0 Å². The van der Waals surface area contributed by atoms with Gasteiger partial charge in [-0.25, -0.2) is 9.78 Å². The molecular formula is C33H40N4O3. The SMILES string of the molecule is CCCCCn1c(=O)c(NC(=O)Nc2c(C(C)C)cccc2C(C)C)c(-c2cccc(OC)c2)c2cccnc21. The Morgan fingerprint density at radius 3 is 2.25 bits per heavy atom. The fourth-order valence-electron chi connectivity index (χ4n) is 5.16. The van der Waals surface area contributed by atoms with Crippen LogP contribution in [0.15, 0.2) is 65.6 Å². The van der Waals surface area contributed by atoms with Crippen LogP contribution >= 0.6 is 0 Å². The minimum atomic E-state index is -0.459. The fourth-order valence-corrected chi connectivity index (χ4v) is 5.16. The minimum Gasteiger partial charge on any atom is -0.497 e. The fraction of sp³-hybridized carbons (Fsp3) is 0.364. The van der Waals surface area contributed by atoms with E-state index < -0.39 is 6.03 Å². The van der Waals surface area contributed by atoms with Crippen LogP contribution in [0.5, 0.6) is 5.75 Å². The van der Waals surface area contributed by atoms with Crippen LogP contribution in [0.2, 0.25) is 0 Å². The Labute approximate surface area is 236 Å². The molecule has 0 aliphatic carbocycles. The third kappa shape index (κ3) is 6.03. The zero-order chi connectivity index (χ0) is 28.8. The lowest BCUT2D eigenvalue weighted by molar-refractivity contribution is 0.262. The number of para-hydroxylation sites is 1. The number of aryl methyl sites for hydroxylation is 1. The Morgan fingerprint density at radius 1 is 0.925 bits per heavy atom. The first-order valence-electron chi connectivity index (χ1n) is 14.1. The van der Waals surface area contributed by atoms with Gasteiger partial charge in [0.05, 0.1) is 7.11 Å². The predicted molar refractivity (Wildman–Crippen MR) is 165 cm³/mol. The average Bonchev–Trinajstić information content (AvgIpc) is 2.94. The van der Waals surface area contributed by atoms with Crippen LogP contribution in [0.4, 0.5) is 16.2 Å². The van der Waals surface area contributed by atoms with E-state index in [0.29, 0.717) is 23.5 Å². The molecule has 2 aromatic carbocycles. The number of amides is 2. The van der Waals surface area contributed by atoms with Crippen LogP contribution in [0.1, 0.15) is 76.8 Å². The van der Waals surface area contributed by atoms with Crippen LogP contribution in [0.25, 0.3) is 22.2 Å². The molecule has 4 rings (SSSR count). The molecule has 0 bridgehead atoms. The maximum Gasteiger partial charge on any atom is 0.323 e. The molecule has 210 valence electrons. The number of urea groups is 1. The van der Waals surface area contributed by atoms with E-state index in [-0.39, 0.29) is 23.1 Å². The van der Waals surface area contributed by atoms with Gasteiger partial charge in [0.2, 0.25) is 0 Å². The van der Waals surface area contributed by atoms with Crippen LogP contribution in [0.3, 0.4) is 0 Å². The second-order valence-corrected chi connectivity index (χ2v) is 10.7. The summed E-state index contributed by atoms with van der Waals surface area (Å²) in [5.74, 6) is 1.08. The molecule has 0 spiro atoms. The molecule has 2 N–H and O–H groups in total. The summed E-state index contributed by atoms with van der Waals surface area (Å²) in [6, 6.07) is 17.0. The van der Waals surface area contributed by atoms with Crippen molar-refractivity contribution in [2.75, 3.05) is 17.7 Å². The molecule has 2 heterocycles. The highest BCUT2D eigenvalue weighted by molar-refractivity contribution is 6.07. The van der Waals surface area contributed by atoms with Gasteiger partial charge in [0.25, 0.3) is 5.56 Å². The Balaban J connectivity index is 1.89. The summed E-state index contributed by atoms with van der Waals surface area (Å²) in [5.41, 5.74) is 4.81. The first-order valence-corrected chi connectivity index (χ1v) is 14.1. The van der Waals surface area contributed by atoms with Gasteiger partial charge in [-0.1, -0.05) is 77.8 Å². The quantitative estimate of drug-likeness (QED) is 0.199. The van der Waals surface area contributed by atoms with E-state index in [0.717, 1.165) is 47.0 Å². The number of fused-ring (bicyclic) bond motifs is 1. The number of benzene rings is 2. The van der Waals surface area contributed by atoms with Crippen molar-refractivity contribution in [2.24, 2.45) is 0 Å². The first-order chi connectivity index (χ1) is 19.3. The molecule has 0 saturated heterocycles. The molecule has 0 saturated carbocycles. The number of nitrogens with zero attached hydrogens (tertiary/aromatic N) is 2. The number of rotatable bonds is 10. The molecule has 0 unspecified atom stereocenters. The lowest BCUT2D eigenvalue weighted by Gasteiger charge is -2.22. The molecule has 40 heavy (non-hydrogen) atoms. The lowest BCUT2D eigenvalue weighted by atomic mass is 9.93. The first kappa shape index (κ1) is 28.9. The summed E-state index contributed by atoms with van der Waals surface area (Å²) in [5, 5.41) is 6.85. The van der Waals surface area contributed by atoms with Crippen molar-refractivity contribution in [1.82, 2.24) is 9.55 Å². The Morgan fingerprint density at radius 2 is 1.60 bits per heavy atom. The molecule has 7 nitrogen and oxygen atoms in total. The number of carbonyl (C=O) groups excluding carboxylic acids is 1. The van der Waals surface area contributed by atoms with Crippen LogP contribution in [-0.2, 0) is 6.54 Å². The highest BCUT2D eigenvalue weighted by Crippen LogP contribution is 2.36. The lowest BCUT2D eigenvalue weighted by Crippen LogP contribution is -2.30. The monoisotopic (exact) mass is 540 g/mol. The Kier molecular flexibility index (Phi) is 9.25. The summed E-state index contributed by atoms with van der Waals surface area (Å²) in [7, 11) is 1.61. The van der Waals surface area contributed by atoms with E-state index in [4.69, 9.17) is 4.74 Å². The summed E-state index contributed by atoms with van der Waals surface area (Å²) in [6.07, 6.45) is 4.56.